The van der Waals surface area contributed by atoms with E-state index in [0.29, 0.717) is 12.1 Å². The van der Waals surface area contributed by atoms with Crippen LogP contribution in [0, 0.1) is 18.8 Å². The number of nitrogens with zero attached hydrogens (tertiary/aromatic N) is 1. The minimum atomic E-state index is -0.901. The number of thioether (sulfide) groups is 1. The van der Waals surface area contributed by atoms with Gasteiger partial charge in [-0.15, -0.1) is 11.8 Å². The fourth-order valence-corrected chi connectivity index (χ4v) is 6.43. The van der Waals surface area contributed by atoms with Gasteiger partial charge in [-0.1, -0.05) is 75.4 Å². The number of hydrogen-bond acceptors (Lipinski definition) is 3. The lowest BCUT2D eigenvalue weighted by Gasteiger charge is -2.43. The molecule has 0 aromatic heterocycles. The first-order valence-electron chi connectivity index (χ1n) is 13.8. The predicted molar refractivity (Wildman–Crippen MR) is 163 cm³/mol. The number of fused-ring (bicyclic) bond motifs is 1. The molecule has 0 bridgehead atoms. The Morgan fingerprint density at radius 1 is 1.00 bits per heavy atom. The van der Waals surface area contributed by atoms with Gasteiger partial charge in [0.2, 0.25) is 0 Å². The molecule has 1 atom stereocenters. The summed E-state index contributed by atoms with van der Waals surface area (Å²) < 4.78 is 0. The summed E-state index contributed by atoms with van der Waals surface area (Å²) in [6.07, 6.45) is 1.35. The van der Waals surface area contributed by atoms with Gasteiger partial charge in [0, 0.05) is 35.4 Å². The molecular formula is C35H41NO2S. The summed E-state index contributed by atoms with van der Waals surface area (Å²) in [4.78, 5) is 15.3. The standard InChI is InChI=1S/C35H41NO2S/c1-8-36(7)33(38)27-16-13-25(14-17-27)15-18-30(37)28-21-29-32(35(5,6)20-19-34(29,3)4)31(22-28)39-23-26-11-9-24(2)10-12-26/h9-14,16-17,21-22,30,37H,8,19-20,23H2,1-7H3. The summed E-state index contributed by atoms with van der Waals surface area (Å²) in [6.45, 7) is 14.1. The van der Waals surface area contributed by atoms with Gasteiger partial charge in [-0.25, -0.2) is 0 Å². The molecule has 0 aliphatic heterocycles. The van der Waals surface area contributed by atoms with E-state index in [2.05, 4.69) is 82.9 Å². The molecule has 1 amide bonds. The molecule has 3 nitrogen and oxygen atoms in total. The quantitative estimate of drug-likeness (QED) is 0.256. The molecule has 0 radical (unpaired) electrons. The van der Waals surface area contributed by atoms with Crippen molar-refractivity contribution in [3.8, 4) is 11.8 Å². The first-order chi connectivity index (χ1) is 18.4. The van der Waals surface area contributed by atoms with E-state index >= 15 is 0 Å². The smallest absolute Gasteiger partial charge is 0.253 e. The molecule has 3 aromatic rings. The van der Waals surface area contributed by atoms with Gasteiger partial charge in [-0.3, -0.25) is 4.79 Å². The summed E-state index contributed by atoms with van der Waals surface area (Å²) in [6, 6.07) is 20.4. The number of hydrogen-bond donors (Lipinski definition) is 1. The molecule has 0 saturated carbocycles. The highest BCUT2D eigenvalue weighted by atomic mass is 32.2. The number of rotatable bonds is 6. The Morgan fingerprint density at radius 3 is 2.28 bits per heavy atom. The SMILES string of the molecule is CCN(C)C(=O)c1ccc(C#CC(O)c2cc(SCc3ccc(C)cc3)c3c(c2)C(C)(C)CCC3(C)C)cc1. The highest BCUT2D eigenvalue weighted by Crippen LogP contribution is 2.50. The molecule has 1 N–H and O–H groups in total. The maximum atomic E-state index is 12.4. The second kappa shape index (κ2) is 11.6. The molecule has 3 aromatic carbocycles. The van der Waals surface area contributed by atoms with Crippen LogP contribution in [0.3, 0.4) is 0 Å². The molecule has 39 heavy (non-hydrogen) atoms. The summed E-state index contributed by atoms with van der Waals surface area (Å²) in [7, 11) is 1.79. The summed E-state index contributed by atoms with van der Waals surface area (Å²) in [5.41, 5.74) is 7.66. The number of amides is 1. The molecule has 0 heterocycles. The van der Waals surface area contributed by atoms with E-state index in [0.717, 1.165) is 29.7 Å². The normalized spacial score (nSPS) is 16.0. The van der Waals surface area contributed by atoms with Crippen LogP contribution in [0.4, 0.5) is 0 Å². The zero-order chi connectivity index (χ0) is 28.4. The van der Waals surface area contributed by atoms with E-state index in [1.807, 2.05) is 30.8 Å². The van der Waals surface area contributed by atoms with Crippen molar-refractivity contribution in [1.29, 1.82) is 0 Å². The van der Waals surface area contributed by atoms with E-state index < -0.39 is 6.10 Å². The van der Waals surface area contributed by atoms with Gasteiger partial charge in [0.1, 0.15) is 6.10 Å². The van der Waals surface area contributed by atoms with Crippen molar-refractivity contribution < 1.29 is 9.90 Å². The third kappa shape index (κ3) is 6.60. The molecule has 1 aliphatic rings. The van der Waals surface area contributed by atoms with Gasteiger partial charge in [0.05, 0.1) is 0 Å². The van der Waals surface area contributed by atoms with Gasteiger partial charge < -0.3 is 10.0 Å². The topological polar surface area (TPSA) is 40.5 Å². The Balaban J connectivity index is 1.66. The molecule has 1 aliphatic carbocycles. The fraction of sp³-hybridized carbons (Fsp3) is 0.400. The number of aliphatic hydroxyl groups excluding tert-OH is 1. The minimum absolute atomic E-state index is 0.00712. The lowest BCUT2D eigenvalue weighted by molar-refractivity contribution is 0.0802. The average Bonchev–Trinajstić information content (AvgIpc) is 2.93. The number of aryl methyl sites for hydroxylation is 1. The number of carbonyl (C=O) groups is 1. The fourth-order valence-electron chi connectivity index (χ4n) is 5.17. The molecule has 204 valence electrons. The van der Waals surface area contributed by atoms with Crippen molar-refractivity contribution in [2.75, 3.05) is 13.6 Å². The maximum Gasteiger partial charge on any atom is 0.253 e. The Kier molecular flexibility index (Phi) is 8.64. The molecular weight excluding hydrogens is 498 g/mol. The van der Waals surface area contributed by atoms with Crippen molar-refractivity contribution in [3.05, 3.63) is 99.6 Å². The highest BCUT2D eigenvalue weighted by molar-refractivity contribution is 7.98. The largest absolute Gasteiger partial charge is 0.376 e. The second-order valence-corrected chi connectivity index (χ2v) is 13.1. The van der Waals surface area contributed by atoms with Crippen LogP contribution in [0.2, 0.25) is 0 Å². The Bertz CT molecular complexity index is 1390. The number of aliphatic hydroxyl groups is 1. The third-order valence-corrected chi connectivity index (χ3v) is 9.15. The monoisotopic (exact) mass is 539 g/mol. The van der Waals surface area contributed by atoms with Gasteiger partial charge in [-0.2, -0.15) is 0 Å². The first-order valence-corrected chi connectivity index (χ1v) is 14.8. The predicted octanol–water partition coefficient (Wildman–Crippen LogP) is 7.81. The van der Waals surface area contributed by atoms with Crippen molar-refractivity contribution in [3.63, 3.8) is 0 Å². The molecule has 0 saturated heterocycles. The van der Waals surface area contributed by atoms with Crippen molar-refractivity contribution in [2.24, 2.45) is 0 Å². The second-order valence-electron chi connectivity index (χ2n) is 12.1. The zero-order valence-corrected chi connectivity index (χ0v) is 25.2. The van der Waals surface area contributed by atoms with E-state index in [1.54, 1.807) is 24.1 Å². The lowest BCUT2D eigenvalue weighted by Crippen LogP contribution is -2.34. The first kappa shape index (κ1) is 29.0. The van der Waals surface area contributed by atoms with Crippen LogP contribution in [0.5, 0.6) is 0 Å². The number of benzene rings is 3. The molecule has 1 unspecified atom stereocenters. The van der Waals surface area contributed by atoms with E-state index in [-0.39, 0.29) is 16.7 Å². The van der Waals surface area contributed by atoms with E-state index in [4.69, 9.17) is 0 Å². The van der Waals surface area contributed by atoms with Gasteiger partial charge in [-0.05, 0) is 90.1 Å². The Hall–Kier alpha value is -3.00. The average molecular weight is 540 g/mol. The maximum absolute atomic E-state index is 12.4. The highest BCUT2D eigenvalue weighted by Gasteiger charge is 2.39. The van der Waals surface area contributed by atoms with Crippen LogP contribution in [0.15, 0.2) is 65.6 Å². The van der Waals surface area contributed by atoms with Crippen LogP contribution < -0.4 is 0 Å². The summed E-state index contributed by atoms with van der Waals surface area (Å²) in [5, 5.41) is 11.2. The zero-order valence-electron chi connectivity index (χ0n) is 24.4. The van der Waals surface area contributed by atoms with Crippen molar-refractivity contribution in [1.82, 2.24) is 4.90 Å². The van der Waals surface area contributed by atoms with Crippen molar-refractivity contribution in [2.45, 2.75) is 82.0 Å². The van der Waals surface area contributed by atoms with E-state index in [9.17, 15) is 9.90 Å². The van der Waals surface area contributed by atoms with Gasteiger partial charge >= 0.3 is 0 Å². The van der Waals surface area contributed by atoms with E-state index in [1.165, 1.54) is 27.1 Å². The number of carbonyl (C=O) groups excluding carboxylic acids is 1. The van der Waals surface area contributed by atoms with Crippen LogP contribution >= 0.6 is 11.8 Å². The molecule has 4 rings (SSSR count). The summed E-state index contributed by atoms with van der Waals surface area (Å²) >= 11 is 1.86. The molecule has 0 fully saturated rings. The van der Waals surface area contributed by atoms with Gasteiger partial charge in [0.15, 0.2) is 0 Å². The summed E-state index contributed by atoms with van der Waals surface area (Å²) in [5.74, 6) is 7.06. The Morgan fingerprint density at radius 2 is 1.64 bits per heavy atom. The van der Waals surface area contributed by atoms with Crippen LogP contribution in [0.1, 0.15) is 97.3 Å². The van der Waals surface area contributed by atoms with Crippen LogP contribution in [-0.2, 0) is 16.6 Å². The molecule has 0 spiro atoms. The lowest BCUT2D eigenvalue weighted by atomic mass is 9.63. The van der Waals surface area contributed by atoms with Gasteiger partial charge in [0.25, 0.3) is 5.91 Å². The third-order valence-electron chi connectivity index (χ3n) is 8.04. The molecule has 4 heteroatoms. The minimum Gasteiger partial charge on any atom is -0.376 e. The Labute approximate surface area is 239 Å². The van der Waals surface area contributed by atoms with Crippen molar-refractivity contribution >= 4 is 17.7 Å². The van der Waals surface area contributed by atoms with Crippen LogP contribution in [-0.4, -0.2) is 29.5 Å². The van der Waals surface area contributed by atoms with Crippen LogP contribution in [0.25, 0.3) is 0 Å².